The van der Waals surface area contributed by atoms with Crippen molar-refractivity contribution in [2.75, 3.05) is 19.1 Å². The van der Waals surface area contributed by atoms with Gasteiger partial charge in [0, 0.05) is 19.4 Å². The normalized spacial score (nSPS) is 12.3. The van der Waals surface area contributed by atoms with E-state index in [9.17, 15) is 9.59 Å². The molecule has 0 bridgehead atoms. The zero-order chi connectivity index (χ0) is 13.0. The number of esters is 1. The smallest absolute Gasteiger partial charge is 0.318 e. The highest BCUT2D eigenvalue weighted by Crippen LogP contribution is 2.19. The molecule has 0 saturated heterocycles. The molecule has 1 N–H and O–H groups in total. The number of aromatic nitrogens is 1. The van der Waals surface area contributed by atoms with E-state index in [1.54, 1.807) is 25.5 Å². The Kier molecular flexibility index (Phi) is 4.31. The molecule has 0 fully saturated rings. The second kappa shape index (κ2) is 5.52. The first kappa shape index (κ1) is 13.3. The van der Waals surface area contributed by atoms with Crippen LogP contribution in [0.5, 0.6) is 0 Å². The number of rotatable bonds is 4. The fourth-order valence-electron chi connectivity index (χ4n) is 1.64. The molecule has 0 radical (unpaired) electrons. The minimum absolute atomic E-state index is 0.101. The average Bonchev–Trinajstić information content (AvgIpc) is 2.80. The maximum absolute atomic E-state index is 12.2. The van der Waals surface area contributed by atoms with E-state index >= 15 is 0 Å². The predicted molar refractivity (Wildman–Crippen MR) is 64.5 cm³/mol. The zero-order valence-electron chi connectivity index (χ0n) is 10.6. The van der Waals surface area contributed by atoms with Gasteiger partial charge >= 0.3 is 5.97 Å². The fraction of sp³-hybridized carbons (Fsp3) is 0.500. The highest BCUT2D eigenvalue weighted by Gasteiger charge is 2.33. The van der Waals surface area contributed by atoms with Gasteiger partial charge in [0.1, 0.15) is 5.92 Å². The molecule has 0 aliphatic carbocycles. The Morgan fingerprint density at radius 3 is 2.47 bits per heavy atom. The van der Waals surface area contributed by atoms with Crippen LogP contribution in [0.2, 0.25) is 0 Å². The van der Waals surface area contributed by atoms with Crippen molar-refractivity contribution in [2.45, 2.75) is 13.8 Å². The standard InChI is InChI=1S/C12H18N2O3/c1-8(2)10(12(16)17-4)11(15)14(3)9-5-6-13-7-9/h5-8,10,13H,1-4H3. The van der Waals surface area contributed by atoms with Gasteiger partial charge in [0.2, 0.25) is 5.91 Å². The van der Waals surface area contributed by atoms with E-state index in [1.165, 1.54) is 12.0 Å². The van der Waals surface area contributed by atoms with Crippen LogP contribution in [-0.4, -0.2) is 31.0 Å². The van der Waals surface area contributed by atoms with Gasteiger partial charge in [-0.05, 0) is 12.0 Å². The third kappa shape index (κ3) is 2.87. The van der Waals surface area contributed by atoms with Crippen LogP contribution in [0.1, 0.15) is 13.8 Å². The Morgan fingerprint density at radius 2 is 2.06 bits per heavy atom. The highest BCUT2D eigenvalue weighted by atomic mass is 16.5. The number of amides is 1. The van der Waals surface area contributed by atoms with Crippen molar-refractivity contribution >= 4 is 17.6 Å². The van der Waals surface area contributed by atoms with E-state index in [2.05, 4.69) is 9.72 Å². The molecule has 1 rings (SSSR count). The van der Waals surface area contributed by atoms with E-state index in [4.69, 9.17) is 0 Å². The second-order valence-corrected chi connectivity index (χ2v) is 4.21. The monoisotopic (exact) mass is 238 g/mol. The first-order valence-electron chi connectivity index (χ1n) is 5.47. The van der Waals surface area contributed by atoms with Crippen molar-refractivity contribution in [3.63, 3.8) is 0 Å². The van der Waals surface area contributed by atoms with Crippen LogP contribution in [0.25, 0.3) is 0 Å². The molecule has 1 atom stereocenters. The molecule has 1 aromatic rings. The van der Waals surface area contributed by atoms with E-state index in [-0.39, 0.29) is 11.8 Å². The Hall–Kier alpha value is -1.78. The molecule has 0 saturated carbocycles. The molecular weight excluding hydrogens is 220 g/mol. The molecule has 1 unspecified atom stereocenters. The number of nitrogens with zero attached hydrogens (tertiary/aromatic N) is 1. The Morgan fingerprint density at radius 1 is 1.41 bits per heavy atom. The lowest BCUT2D eigenvalue weighted by Crippen LogP contribution is -2.40. The molecule has 0 spiro atoms. The Bertz CT molecular complexity index is 384. The number of hydrogen-bond donors (Lipinski definition) is 1. The van der Waals surface area contributed by atoms with Gasteiger partial charge in [0.15, 0.2) is 0 Å². The summed E-state index contributed by atoms with van der Waals surface area (Å²) in [5.41, 5.74) is 0.726. The number of anilines is 1. The third-order valence-corrected chi connectivity index (χ3v) is 2.69. The Balaban J connectivity index is 2.89. The maximum Gasteiger partial charge on any atom is 0.318 e. The minimum Gasteiger partial charge on any atom is -0.468 e. The van der Waals surface area contributed by atoms with Gasteiger partial charge in [-0.25, -0.2) is 0 Å². The third-order valence-electron chi connectivity index (χ3n) is 2.69. The first-order chi connectivity index (χ1) is 7.99. The van der Waals surface area contributed by atoms with Crippen molar-refractivity contribution in [2.24, 2.45) is 11.8 Å². The van der Waals surface area contributed by atoms with Crippen LogP contribution >= 0.6 is 0 Å². The summed E-state index contributed by atoms with van der Waals surface area (Å²) in [4.78, 5) is 28.1. The van der Waals surface area contributed by atoms with Crippen LogP contribution < -0.4 is 4.90 Å². The molecule has 0 aromatic carbocycles. The SMILES string of the molecule is COC(=O)C(C(=O)N(C)c1cc[nH]c1)C(C)C. The number of methoxy groups -OCH3 is 1. The van der Waals surface area contributed by atoms with Crippen molar-refractivity contribution in [1.82, 2.24) is 4.98 Å². The van der Waals surface area contributed by atoms with Gasteiger partial charge in [-0.2, -0.15) is 0 Å². The summed E-state index contributed by atoms with van der Waals surface area (Å²) in [6.07, 6.45) is 3.42. The number of nitrogens with one attached hydrogen (secondary N) is 1. The lowest BCUT2D eigenvalue weighted by molar-refractivity contribution is -0.151. The van der Waals surface area contributed by atoms with Gasteiger partial charge in [-0.3, -0.25) is 9.59 Å². The fourth-order valence-corrected chi connectivity index (χ4v) is 1.64. The molecule has 1 amide bonds. The summed E-state index contributed by atoms with van der Waals surface area (Å²) >= 11 is 0. The molecule has 5 nitrogen and oxygen atoms in total. The van der Waals surface area contributed by atoms with Crippen molar-refractivity contribution in [1.29, 1.82) is 0 Å². The Labute approximate surface area is 101 Å². The average molecular weight is 238 g/mol. The van der Waals surface area contributed by atoms with Crippen molar-refractivity contribution in [3.8, 4) is 0 Å². The van der Waals surface area contributed by atoms with Gasteiger partial charge in [-0.15, -0.1) is 0 Å². The van der Waals surface area contributed by atoms with Gasteiger partial charge in [0.05, 0.1) is 12.8 Å². The molecule has 5 heteroatoms. The van der Waals surface area contributed by atoms with E-state index in [0.717, 1.165) is 5.69 Å². The van der Waals surface area contributed by atoms with Crippen LogP contribution in [-0.2, 0) is 14.3 Å². The second-order valence-electron chi connectivity index (χ2n) is 4.21. The largest absolute Gasteiger partial charge is 0.468 e. The molecule has 0 aliphatic heterocycles. The van der Waals surface area contributed by atoms with Gasteiger partial charge in [0.25, 0.3) is 0 Å². The minimum atomic E-state index is -0.764. The lowest BCUT2D eigenvalue weighted by Gasteiger charge is -2.23. The number of ether oxygens (including phenoxy) is 1. The summed E-state index contributed by atoms with van der Waals surface area (Å²) in [6, 6.07) is 1.77. The summed E-state index contributed by atoms with van der Waals surface area (Å²) in [5, 5.41) is 0. The molecule has 0 aliphatic rings. The van der Waals surface area contributed by atoms with E-state index < -0.39 is 11.9 Å². The van der Waals surface area contributed by atoms with Crippen LogP contribution in [0.3, 0.4) is 0 Å². The highest BCUT2D eigenvalue weighted by molar-refractivity contribution is 6.06. The predicted octanol–water partition coefficient (Wildman–Crippen LogP) is 1.42. The maximum atomic E-state index is 12.2. The first-order valence-corrected chi connectivity index (χ1v) is 5.47. The van der Waals surface area contributed by atoms with E-state index in [1.807, 2.05) is 13.8 Å². The van der Waals surface area contributed by atoms with Gasteiger partial charge in [-0.1, -0.05) is 13.8 Å². The zero-order valence-corrected chi connectivity index (χ0v) is 10.6. The van der Waals surface area contributed by atoms with Crippen LogP contribution in [0, 0.1) is 11.8 Å². The number of carbonyl (C=O) groups is 2. The lowest BCUT2D eigenvalue weighted by atomic mass is 9.94. The van der Waals surface area contributed by atoms with Crippen molar-refractivity contribution < 1.29 is 14.3 Å². The number of hydrogen-bond acceptors (Lipinski definition) is 3. The van der Waals surface area contributed by atoms with Crippen molar-refractivity contribution in [3.05, 3.63) is 18.5 Å². The summed E-state index contributed by atoms with van der Waals surface area (Å²) in [5.74, 6) is -1.62. The summed E-state index contributed by atoms with van der Waals surface area (Å²) in [6.45, 7) is 3.65. The molecule has 94 valence electrons. The number of H-pyrrole nitrogens is 1. The molecule has 1 aromatic heterocycles. The van der Waals surface area contributed by atoms with Gasteiger partial charge < -0.3 is 14.6 Å². The molecule has 17 heavy (non-hydrogen) atoms. The molecular formula is C12H18N2O3. The van der Waals surface area contributed by atoms with Crippen LogP contribution in [0.4, 0.5) is 5.69 Å². The topological polar surface area (TPSA) is 62.4 Å². The molecule has 1 heterocycles. The quantitative estimate of drug-likeness (QED) is 0.637. The number of carbonyl (C=O) groups excluding carboxylic acids is 2. The summed E-state index contributed by atoms with van der Waals surface area (Å²) < 4.78 is 4.67. The van der Waals surface area contributed by atoms with E-state index in [0.29, 0.717) is 0 Å². The summed E-state index contributed by atoms with van der Waals surface area (Å²) in [7, 11) is 2.94. The van der Waals surface area contributed by atoms with Crippen LogP contribution in [0.15, 0.2) is 18.5 Å². The number of aromatic amines is 1.